The molecule has 0 saturated heterocycles. The van der Waals surface area contributed by atoms with Crippen molar-refractivity contribution < 1.29 is 9.18 Å². The van der Waals surface area contributed by atoms with Crippen molar-refractivity contribution in [3.8, 4) is 10.7 Å². The molecular weight excluding hydrogens is 411 g/mol. The number of aryl methyl sites for hydroxylation is 1. The van der Waals surface area contributed by atoms with Crippen LogP contribution in [-0.4, -0.2) is 20.9 Å². The van der Waals surface area contributed by atoms with Crippen LogP contribution >= 0.6 is 11.3 Å². The van der Waals surface area contributed by atoms with Gasteiger partial charge in [-0.25, -0.2) is 14.4 Å². The zero-order valence-electron chi connectivity index (χ0n) is 16.7. The predicted octanol–water partition coefficient (Wildman–Crippen LogP) is 5.15. The zero-order valence-corrected chi connectivity index (χ0v) is 17.6. The Bertz CT molecular complexity index is 1200. The van der Waals surface area contributed by atoms with E-state index >= 15 is 0 Å². The van der Waals surface area contributed by atoms with Crippen LogP contribution in [0.4, 0.5) is 4.39 Å². The van der Waals surface area contributed by atoms with Crippen LogP contribution in [0.25, 0.3) is 22.9 Å². The van der Waals surface area contributed by atoms with Crippen LogP contribution in [0.2, 0.25) is 0 Å². The summed E-state index contributed by atoms with van der Waals surface area (Å²) in [6, 6.07) is 15.9. The number of hydrogen-bond acceptors (Lipinski definition) is 5. The maximum atomic E-state index is 13.0. The molecule has 4 rings (SSSR count). The number of nitrogens with one attached hydrogen (secondary N) is 1. The molecule has 0 saturated carbocycles. The van der Waals surface area contributed by atoms with Gasteiger partial charge >= 0.3 is 0 Å². The highest BCUT2D eigenvalue weighted by molar-refractivity contribution is 7.17. The molecule has 0 aliphatic heterocycles. The van der Waals surface area contributed by atoms with Crippen molar-refractivity contribution in [2.24, 2.45) is 0 Å². The number of amides is 1. The van der Waals surface area contributed by atoms with Gasteiger partial charge in [-0.3, -0.25) is 9.78 Å². The molecule has 7 heteroatoms. The molecule has 2 aromatic heterocycles. The fraction of sp³-hybridized carbons (Fsp3) is 0.0833. The highest BCUT2D eigenvalue weighted by Crippen LogP contribution is 2.26. The van der Waals surface area contributed by atoms with Crippen molar-refractivity contribution in [3.05, 3.63) is 100 Å². The molecule has 0 fully saturated rings. The second kappa shape index (κ2) is 9.40. The Balaban J connectivity index is 1.43. The molecule has 4 aromatic rings. The maximum absolute atomic E-state index is 13.0. The first-order chi connectivity index (χ1) is 15.1. The minimum Gasteiger partial charge on any atom is -0.347 e. The van der Waals surface area contributed by atoms with Crippen molar-refractivity contribution in [3.63, 3.8) is 0 Å². The lowest BCUT2D eigenvalue weighted by atomic mass is 10.2. The monoisotopic (exact) mass is 430 g/mol. The van der Waals surface area contributed by atoms with Crippen LogP contribution in [0.3, 0.4) is 0 Å². The normalized spacial score (nSPS) is 11.0. The molecule has 0 radical (unpaired) electrons. The minimum absolute atomic E-state index is 0.156. The molecule has 154 valence electrons. The van der Waals surface area contributed by atoms with Crippen LogP contribution in [0.15, 0.2) is 67.0 Å². The van der Waals surface area contributed by atoms with Crippen LogP contribution in [0.5, 0.6) is 0 Å². The van der Waals surface area contributed by atoms with Crippen LogP contribution < -0.4 is 5.32 Å². The standard InChI is InChI=1S/C24H19FN4OS/c1-16-22(23(30)28-13-18-5-3-2-4-6-18)31-24(29-16)21-15-26-20(14-27-21)12-9-17-7-10-19(25)11-8-17/h2-12,14-15H,13H2,1H3,(H,28,30). The molecule has 2 heterocycles. The molecule has 0 aliphatic rings. The lowest BCUT2D eigenvalue weighted by molar-refractivity contribution is 0.0954. The summed E-state index contributed by atoms with van der Waals surface area (Å²) in [5, 5.41) is 3.57. The molecule has 0 spiro atoms. The minimum atomic E-state index is -0.270. The number of benzene rings is 2. The van der Waals surface area contributed by atoms with Crippen molar-refractivity contribution in [1.29, 1.82) is 0 Å². The molecular formula is C24H19FN4OS. The molecule has 31 heavy (non-hydrogen) atoms. The van der Waals surface area contributed by atoms with E-state index < -0.39 is 0 Å². The van der Waals surface area contributed by atoms with E-state index in [2.05, 4.69) is 20.3 Å². The van der Waals surface area contributed by atoms with E-state index in [4.69, 9.17) is 0 Å². The summed E-state index contributed by atoms with van der Waals surface area (Å²) in [5.74, 6) is -0.426. The molecule has 5 nitrogen and oxygen atoms in total. The molecule has 1 amide bonds. The number of thiazole rings is 1. The van der Waals surface area contributed by atoms with Gasteiger partial charge < -0.3 is 5.32 Å². The van der Waals surface area contributed by atoms with Gasteiger partial charge in [-0.05, 0) is 36.3 Å². The molecule has 0 aliphatic carbocycles. The van der Waals surface area contributed by atoms with Gasteiger partial charge in [0, 0.05) is 6.54 Å². The smallest absolute Gasteiger partial charge is 0.263 e. The van der Waals surface area contributed by atoms with E-state index in [-0.39, 0.29) is 11.7 Å². The summed E-state index contributed by atoms with van der Waals surface area (Å²) in [4.78, 5) is 26.4. The molecule has 1 N–H and O–H groups in total. The fourth-order valence-electron chi connectivity index (χ4n) is 2.87. The number of halogens is 1. The van der Waals surface area contributed by atoms with Gasteiger partial charge in [0.05, 0.1) is 23.8 Å². The fourth-order valence-corrected chi connectivity index (χ4v) is 3.81. The third kappa shape index (κ3) is 5.26. The summed E-state index contributed by atoms with van der Waals surface area (Å²) < 4.78 is 13.0. The molecule has 0 bridgehead atoms. The first-order valence-electron chi connectivity index (χ1n) is 9.64. The van der Waals surface area contributed by atoms with Crippen LogP contribution in [0, 0.1) is 12.7 Å². The van der Waals surface area contributed by atoms with Crippen molar-refractivity contribution >= 4 is 29.4 Å². The van der Waals surface area contributed by atoms with Gasteiger partial charge in [0.2, 0.25) is 0 Å². The van der Waals surface area contributed by atoms with Gasteiger partial charge in [-0.1, -0.05) is 48.5 Å². The predicted molar refractivity (Wildman–Crippen MR) is 121 cm³/mol. The summed E-state index contributed by atoms with van der Waals surface area (Å²) in [6.45, 7) is 2.27. The third-order valence-electron chi connectivity index (χ3n) is 4.51. The zero-order chi connectivity index (χ0) is 21.6. The summed E-state index contributed by atoms with van der Waals surface area (Å²) in [7, 11) is 0. The van der Waals surface area contributed by atoms with Crippen LogP contribution in [0.1, 0.15) is 32.2 Å². The highest BCUT2D eigenvalue weighted by atomic mass is 32.1. The van der Waals surface area contributed by atoms with E-state index in [0.29, 0.717) is 33.5 Å². The Morgan fingerprint density at radius 2 is 1.81 bits per heavy atom. The number of carbonyl (C=O) groups is 1. The number of nitrogens with zero attached hydrogens (tertiary/aromatic N) is 3. The van der Waals surface area contributed by atoms with Crippen LogP contribution in [-0.2, 0) is 6.54 Å². The number of hydrogen-bond donors (Lipinski definition) is 1. The van der Waals surface area contributed by atoms with Crippen molar-refractivity contribution in [2.75, 3.05) is 0 Å². The average Bonchev–Trinajstić information content (AvgIpc) is 3.20. The van der Waals surface area contributed by atoms with Gasteiger partial charge in [0.25, 0.3) is 5.91 Å². The summed E-state index contributed by atoms with van der Waals surface area (Å²) >= 11 is 1.29. The Labute approximate surface area is 183 Å². The quantitative estimate of drug-likeness (QED) is 0.459. The van der Waals surface area contributed by atoms with E-state index in [0.717, 1.165) is 11.1 Å². The maximum Gasteiger partial charge on any atom is 0.263 e. The summed E-state index contributed by atoms with van der Waals surface area (Å²) in [6.07, 6.45) is 6.92. The molecule has 0 atom stereocenters. The van der Waals surface area contributed by atoms with Gasteiger partial charge in [-0.15, -0.1) is 11.3 Å². The van der Waals surface area contributed by atoms with Gasteiger partial charge in [0.1, 0.15) is 21.4 Å². The Kier molecular flexibility index (Phi) is 6.24. The number of carbonyl (C=O) groups excluding carboxylic acids is 1. The second-order valence-electron chi connectivity index (χ2n) is 6.81. The average molecular weight is 431 g/mol. The van der Waals surface area contributed by atoms with E-state index in [1.165, 1.54) is 23.5 Å². The molecule has 2 aromatic carbocycles. The van der Waals surface area contributed by atoms with Crippen molar-refractivity contribution in [1.82, 2.24) is 20.3 Å². The van der Waals surface area contributed by atoms with E-state index in [9.17, 15) is 9.18 Å². The molecule has 0 unspecified atom stereocenters. The van der Waals surface area contributed by atoms with E-state index in [1.807, 2.05) is 43.3 Å². The van der Waals surface area contributed by atoms with Gasteiger partial charge in [-0.2, -0.15) is 0 Å². The first-order valence-corrected chi connectivity index (χ1v) is 10.5. The number of aromatic nitrogens is 3. The largest absolute Gasteiger partial charge is 0.347 e. The first kappa shape index (κ1) is 20.6. The summed E-state index contributed by atoms with van der Waals surface area (Å²) in [5.41, 5.74) is 3.84. The highest BCUT2D eigenvalue weighted by Gasteiger charge is 2.17. The Morgan fingerprint density at radius 1 is 1.03 bits per heavy atom. The Morgan fingerprint density at radius 3 is 2.52 bits per heavy atom. The third-order valence-corrected chi connectivity index (χ3v) is 5.68. The lowest BCUT2D eigenvalue weighted by Gasteiger charge is -2.03. The second-order valence-corrected chi connectivity index (χ2v) is 7.81. The van der Waals surface area contributed by atoms with Crippen molar-refractivity contribution in [2.45, 2.75) is 13.5 Å². The number of rotatable bonds is 6. The van der Waals surface area contributed by atoms with Gasteiger partial charge in [0.15, 0.2) is 0 Å². The lowest BCUT2D eigenvalue weighted by Crippen LogP contribution is -2.22. The van der Waals surface area contributed by atoms with E-state index in [1.54, 1.807) is 30.6 Å². The topological polar surface area (TPSA) is 67.8 Å². The Hall–Kier alpha value is -3.71. The SMILES string of the molecule is Cc1nc(-c2cnc(C=Cc3ccc(F)cc3)cn2)sc1C(=O)NCc1ccccc1.